The Morgan fingerprint density at radius 1 is 1.50 bits per heavy atom. The van der Waals surface area contributed by atoms with Crippen LogP contribution in [0.4, 0.5) is 0 Å². The molecule has 0 aliphatic heterocycles. The standard InChI is InChI=1S/C15H21ClN2O3S/c1-15(2,3)22(19)18-12(10-5-6-10)11-7-8-17-14(16)13(11)21-9-20-4/h7-8,10H,5-6,9H2,1-4H3/b18-12-/t22-/m0/s1. The van der Waals surface area contributed by atoms with Gasteiger partial charge in [-0.1, -0.05) is 16.0 Å². The predicted molar refractivity (Wildman–Crippen MR) is 88.9 cm³/mol. The first-order chi connectivity index (χ1) is 10.3. The molecule has 5 nitrogen and oxygen atoms in total. The summed E-state index contributed by atoms with van der Waals surface area (Å²) in [5.74, 6) is 0.734. The average molecular weight is 345 g/mol. The van der Waals surface area contributed by atoms with Crippen molar-refractivity contribution >= 4 is 28.7 Å². The number of halogens is 1. The van der Waals surface area contributed by atoms with Gasteiger partial charge in [-0.2, -0.15) is 0 Å². The van der Waals surface area contributed by atoms with Crippen LogP contribution < -0.4 is 4.74 Å². The maximum atomic E-state index is 12.4. The molecular weight excluding hydrogens is 324 g/mol. The van der Waals surface area contributed by atoms with E-state index in [1.807, 2.05) is 20.8 Å². The number of nitrogens with zero attached hydrogens (tertiary/aromatic N) is 2. The number of rotatable bonds is 6. The van der Waals surface area contributed by atoms with E-state index in [0.717, 1.165) is 24.1 Å². The van der Waals surface area contributed by atoms with Gasteiger partial charge in [-0.05, 0) is 39.7 Å². The Labute approximate surface area is 139 Å². The Morgan fingerprint density at radius 3 is 2.73 bits per heavy atom. The highest BCUT2D eigenvalue weighted by Gasteiger charge is 2.36. The Kier molecular flexibility index (Phi) is 5.71. The van der Waals surface area contributed by atoms with Gasteiger partial charge in [0.1, 0.15) is 21.8 Å². The van der Waals surface area contributed by atoms with E-state index in [9.17, 15) is 4.55 Å². The minimum absolute atomic E-state index is 0.0682. The van der Waals surface area contributed by atoms with Crippen molar-refractivity contribution in [3.8, 4) is 5.75 Å². The van der Waals surface area contributed by atoms with Crippen LogP contribution in [-0.2, 0) is 16.1 Å². The van der Waals surface area contributed by atoms with Gasteiger partial charge in [-0.25, -0.2) is 4.98 Å². The number of methoxy groups -OCH3 is 1. The van der Waals surface area contributed by atoms with Gasteiger partial charge >= 0.3 is 0 Å². The van der Waals surface area contributed by atoms with Gasteiger partial charge in [-0.3, -0.25) is 0 Å². The molecule has 1 aliphatic carbocycles. The molecule has 0 spiro atoms. The van der Waals surface area contributed by atoms with E-state index in [4.69, 9.17) is 21.1 Å². The monoisotopic (exact) mass is 344 g/mol. The lowest BCUT2D eigenvalue weighted by Crippen LogP contribution is -2.27. The second kappa shape index (κ2) is 7.17. The van der Waals surface area contributed by atoms with Crippen LogP contribution in [0.5, 0.6) is 5.75 Å². The summed E-state index contributed by atoms with van der Waals surface area (Å²) in [5, 5.41) is 0.254. The summed E-state index contributed by atoms with van der Waals surface area (Å²) in [5.41, 5.74) is 1.53. The first-order valence-electron chi connectivity index (χ1n) is 7.11. The first kappa shape index (κ1) is 17.5. The molecule has 1 fully saturated rings. The fourth-order valence-electron chi connectivity index (χ4n) is 1.81. The highest BCUT2D eigenvalue weighted by Crippen LogP contribution is 2.39. The molecule has 1 atom stereocenters. The van der Waals surface area contributed by atoms with Crippen LogP contribution in [0.1, 0.15) is 39.2 Å². The summed E-state index contributed by atoms with van der Waals surface area (Å²) in [6, 6.07) is 1.80. The topological polar surface area (TPSA) is 66.8 Å². The lowest BCUT2D eigenvalue weighted by molar-refractivity contribution is 0.0508. The van der Waals surface area contributed by atoms with Gasteiger partial charge in [0.25, 0.3) is 0 Å². The smallest absolute Gasteiger partial charge is 0.188 e. The molecule has 1 aromatic rings. The molecule has 0 aromatic carbocycles. The van der Waals surface area contributed by atoms with Crippen LogP contribution in [0, 0.1) is 5.92 Å². The Bertz CT molecular complexity index is 556. The molecular formula is C15H21ClN2O3S. The number of hydrogen-bond acceptors (Lipinski definition) is 5. The zero-order chi connectivity index (χ0) is 16.3. The molecule has 0 unspecified atom stereocenters. The molecule has 0 N–H and O–H groups in total. The number of pyridine rings is 1. The van der Waals surface area contributed by atoms with Crippen LogP contribution in [0.3, 0.4) is 0 Å². The fourth-order valence-corrected chi connectivity index (χ4v) is 2.72. The van der Waals surface area contributed by atoms with Crippen LogP contribution in [-0.4, -0.2) is 33.9 Å². The maximum absolute atomic E-state index is 12.4. The van der Waals surface area contributed by atoms with E-state index < -0.39 is 16.1 Å². The lowest BCUT2D eigenvalue weighted by atomic mass is 10.1. The first-order valence-corrected chi connectivity index (χ1v) is 8.60. The van der Waals surface area contributed by atoms with E-state index in [1.54, 1.807) is 12.3 Å². The van der Waals surface area contributed by atoms with Crippen molar-refractivity contribution in [1.29, 1.82) is 0 Å². The lowest BCUT2D eigenvalue weighted by Gasteiger charge is -2.20. The zero-order valence-electron chi connectivity index (χ0n) is 13.3. The molecule has 0 amide bonds. The van der Waals surface area contributed by atoms with Crippen molar-refractivity contribution in [2.45, 2.75) is 38.4 Å². The minimum Gasteiger partial charge on any atom is -0.591 e. The fraction of sp³-hybridized carbons (Fsp3) is 0.600. The predicted octanol–water partition coefficient (Wildman–Crippen LogP) is 3.38. The summed E-state index contributed by atoms with van der Waals surface area (Å²) >= 11 is 4.81. The highest BCUT2D eigenvalue weighted by atomic mass is 35.5. The third-order valence-corrected chi connectivity index (χ3v) is 4.81. The summed E-state index contributed by atoms with van der Waals surface area (Å²) < 4.78 is 26.9. The highest BCUT2D eigenvalue weighted by molar-refractivity contribution is 7.91. The van der Waals surface area contributed by atoms with E-state index in [-0.39, 0.29) is 11.9 Å². The van der Waals surface area contributed by atoms with E-state index in [2.05, 4.69) is 9.38 Å². The number of ether oxygens (including phenoxy) is 2. The summed E-state index contributed by atoms with van der Waals surface area (Å²) in [4.78, 5) is 4.04. The molecule has 7 heteroatoms. The van der Waals surface area contributed by atoms with Crippen LogP contribution >= 0.6 is 11.6 Å². The van der Waals surface area contributed by atoms with Gasteiger partial charge in [0.05, 0.1) is 0 Å². The Morgan fingerprint density at radius 2 is 2.18 bits per heavy atom. The van der Waals surface area contributed by atoms with Crippen LogP contribution in [0.25, 0.3) is 0 Å². The molecule has 1 heterocycles. The quantitative estimate of drug-likeness (QED) is 0.343. The minimum atomic E-state index is -1.33. The molecule has 1 aliphatic rings. The Hall–Kier alpha value is -0.820. The average Bonchev–Trinajstić information content (AvgIpc) is 3.26. The second-order valence-corrected chi connectivity index (χ2v) is 8.41. The van der Waals surface area contributed by atoms with Crippen LogP contribution in [0.15, 0.2) is 16.7 Å². The number of aromatic nitrogens is 1. The largest absolute Gasteiger partial charge is 0.591 e. The zero-order valence-corrected chi connectivity index (χ0v) is 14.8. The molecule has 22 heavy (non-hydrogen) atoms. The van der Waals surface area contributed by atoms with Crippen molar-refractivity contribution in [3.63, 3.8) is 0 Å². The van der Waals surface area contributed by atoms with E-state index in [0.29, 0.717) is 11.7 Å². The van der Waals surface area contributed by atoms with Crippen molar-refractivity contribution in [1.82, 2.24) is 4.98 Å². The van der Waals surface area contributed by atoms with Crippen molar-refractivity contribution in [2.75, 3.05) is 13.9 Å². The third kappa shape index (κ3) is 4.35. The van der Waals surface area contributed by atoms with Crippen molar-refractivity contribution in [2.24, 2.45) is 10.3 Å². The van der Waals surface area contributed by atoms with Gasteiger partial charge in [0.2, 0.25) is 0 Å². The SMILES string of the molecule is COCOc1c(/C(=N\[S@@+]([O-])C(C)(C)C)C2CC2)ccnc1Cl. The van der Waals surface area contributed by atoms with E-state index in [1.165, 1.54) is 7.11 Å². The van der Waals surface area contributed by atoms with Gasteiger partial charge in [0.15, 0.2) is 17.7 Å². The van der Waals surface area contributed by atoms with Crippen molar-refractivity contribution < 1.29 is 14.0 Å². The second-order valence-electron chi connectivity index (χ2n) is 6.14. The van der Waals surface area contributed by atoms with E-state index >= 15 is 0 Å². The van der Waals surface area contributed by atoms with Crippen LogP contribution in [0.2, 0.25) is 5.15 Å². The molecule has 1 aromatic heterocycles. The molecule has 0 saturated heterocycles. The molecule has 1 saturated carbocycles. The Balaban J connectivity index is 2.41. The van der Waals surface area contributed by atoms with Crippen molar-refractivity contribution in [3.05, 3.63) is 23.0 Å². The normalized spacial score (nSPS) is 17.5. The van der Waals surface area contributed by atoms with Gasteiger partial charge in [0, 0.05) is 24.8 Å². The molecule has 122 valence electrons. The van der Waals surface area contributed by atoms with Gasteiger partial charge in [-0.15, -0.1) is 0 Å². The summed E-state index contributed by atoms with van der Waals surface area (Å²) in [6.07, 6.45) is 3.67. The summed E-state index contributed by atoms with van der Waals surface area (Å²) in [6.45, 7) is 5.77. The maximum Gasteiger partial charge on any atom is 0.188 e. The number of hydrogen-bond donors (Lipinski definition) is 0. The summed E-state index contributed by atoms with van der Waals surface area (Å²) in [7, 11) is 1.54. The molecule has 2 rings (SSSR count). The molecule has 0 bridgehead atoms. The third-order valence-electron chi connectivity index (χ3n) is 3.13. The van der Waals surface area contributed by atoms with Gasteiger partial charge < -0.3 is 14.0 Å². The molecule has 0 radical (unpaired) electrons.